The predicted octanol–water partition coefficient (Wildman–Crippen LogP) is 2.54. The quantitative estimate of drug-likeness (QED) is 0.857. The van der Waals surface area contributed by atoms with Gasteiger partial charge in [-0.25, -0.2) is 0 Å². The second-order valence-electron chi connectivity index (χ2n) is 4.88. The Morgan fingerprint density at radius 1 is 1.39 bits per heavy atom. The van der Waals surface area contributed by atoms with Gasteiger partial charge in [0.25, 0.3) is 0 Å². The molecule has 0 aromatic heterocycles. The molecule has 96 valence electrons. The highest BCUT2D eigenvalue weighted by Crippen LogP contribution is 2.31. The van der Waals surface area contributed by atoms with Gasteiger partial charge in [-0.15, -0.1) is 0 Å². The van der Waals surface area contributed by atoms with E-state index in [2.05, 4.69) is 5.32 Å². The lowest BCUT2D eigenvalue weighted by atomic mass is 9.78. The predicted molar refractivity (Wildman–Crippen MR) is 72.3 cm³/mol. The highest BCUT2D eigenvalue weighted by atomic mass is 16.4. The summed E-state index contributed by atoms with van der Waals surface area (Å²) in [6.45, 7) is 1.50. The van der Waals surface area contributed by atoms with Crippen molar-refractivity contribution in [1.29, 1.82) is 0 Å². The van der Waals surface area contributed by atoms with Crippen LogP contribution < -0.4 is 5.32 Å². The summed E-state index contributed by atoms with van der Waals surface area (Å²) in [6.07, 6.45) is 6.26. The number of rotatable bonds is 4. The number of piperidine rings is 1. The van der Waals surface area contributed by atoms with E-state index in [1.165, 1.54) is 0 Å². The third-order valence-electron chi connectivity index (χ3n) is 3.54. The van der Waals surface area contributed by atoms with Gasteiger partial charge in [-0.2, -0.15) is 0 Å². The zero-order chi connectivity index (χ0) is 12.8. The van der Waals surface area contributed by atoms with E-state index >= 15 is 0 Å². The van der Waals surface area contributed by atoms with Crippen LogP contribution in [-0.4, -0.2) is 24.2 Å². The van der Waals surface area contributed by atoms with Gasteiger partial charge in [0.2, 0.25) is 0 Å². The topological polar surface area (TPSA) is 49.3 Å². The van der Waals surface area contributed by atoms with Gasteiger partial charge in [0, 0.05) is 6.54 Å². The molecule has 1 saturated heterocycles. The van der Waals surface area contributed by atoms with Crippen LogP contribution in [0.3, 0.4) is 0 Å². The lowest BCUT2D eigenvalue weighted by Crippen LogP contribution is -2.45. The molecule has 0 saturated carbocycles. The van der Waals surface area contributed by atoms with Crippen molar-refractivity contribution in [3.63, 3.8) is 0 Å². The number of hydrogen-bond donors (Lipinski definition) is 2. The Morgan fingerprint density at radius 3 is 2.78 bits per heavy atom. The fourth-order valence-corrected chi connectivity index (χ4v) is 2.40. The second kappa shape index (κ2) is 5.83. The standard InChI is InChI=1S/C15H19NO2/c17-14(18)15(10-5-11-16-12-15)9-4-8-13-6-2-1-3-7-13/h1-4,6-8,16H,5,9-12H2,(H,17,18). The number of allylic oxidation sites excluding steroid dienone is 1. The van der Waals surface area contributed by atoms with Crippen molar-refractivity contribution < 1.29 is 9.90 Å². The van der Waals surface area contributed by atoms with E-state index in [0.29, 0.717) is 13.0 Å². The molecule has 1 heterocycles. The molecule has 0 amide bonds. The Kier molecular flexibility index (Phi) is 4.15. The minimum absolute atomic E-state index is 0.571. The molecule has 18 heavy (non-hydrogen) atoms. The summed E-state index contributed by atoms with van der Waals surface area (Å²) in [7, 11) is 0. The Morgan fingerprint density at radius 2 is 2.17 bits per heavy atom. The van der Waals surface area contributed by atoms with Crippen LogP contribution in [0.5, 0.6) is 0 Å². The van der Waals surface area contributed by atoms with Crippen LogP contribution in [0.1, 0.15) is 24.8 Å². The van der Waals surface area contributed by atoms with E-state index in [0.717, 1.165) is 24.9 Å². The first-order valence-corrected chi connectivity index (χ1v) is 6.39. The monoisotopic (exact) mass is 245 g/mol. The SMILES string of the molecule is O=C(O)C1(CC=Cc2ccccc2)CCCNC1. The molecule has 0 bridgehead atoms. The molecule has 3 heteroatoms. The molecule has 0 aliphatic carbocycles. The van der Waals surface area contributed by atoms with Gasteiger partial charge >= 0.3 is 5.97 Å². The summed E-state index contributed by atoms with van der Waals surface area (Å²) < 4.78 is 0. The summed E-state index contributed by atoms with van der Waals surface area (Å²) in [5, 5.41) is 12.6. The first kappa shape index (κ1) is 12.8. The molecule has 1 fully saturated rings. The van der Waals surface area contributed by atoms with Gasteiger partial charge in [-0.05, 0) is 31.4 Å². The average molecular weight is 245 g/mol. The van der Waals surface area contributed by atoms with Crippen LogP contribution in [0.25, 0.3) is 6.08 Å². The van der Waals surface area contributed by atoms with E-state index < -0.39 is 11.4 Å². The number of benzene rings is 1. The van der Waals surface area contributed by atoms with Crippen LogP contribution in [-0.2, 0) is 4.79 Å². The molecule has 3 nitrogen and oxygen atoms in total. The van der Waals surface area contributed by atoms with Crippen molar-refractivity contribution in [2.24, 2.45) is 5.41 Å². The molecule has 2 rings (SSSR count). The molecule has 0 spiro atoms. The highest BCUT2D eigenvalue weighted by molar-refractivity contribution is 5.75. The average Bonchev–Trinajstić information content (AvgIpc) is 2.41. The van der Waals surface area contributed by atoms with Gasteiger partial charge in [0.1, 0.15) is 0 Å². The third kappa shape index (κ3) is 2.99. The normalized spacial score (nSPS) is 24.2. The fourth-order valence-electron chi connectivity index (χ4n) is 2.40. The van der Waals surface area contributed by atoms with Gasteiger partial charge in [-0.1, -0.05) is 42.5 Å². The van der Waals surface area contributed by atoms with Crippen molar-refractivity contribution >= 4 is 12.0 Å². The molecule has 1 atom stereocenters. The third-order valence-corrected chi connectivity index (χ3v) is 3.54. The smallest absolute Gasteiger partial charge is 0.311 e. The molecule has 2 N–H and O–H groups in total. The van der Waals surface area contributed by atoms with E-state index in [1.807, 2.05) is 42.5 Å². The molecule has 1 unspecified atom stereocenters. The zero-order valence-corrected chi connectivity index (χ0v) is 10.4. The maximum Gasteiger partial charge on any atom is 0.311 e. The molecular weight excluding hydrogens is 226 g/mol. The van der Waals surface area contributed by atoms with Gasteiger partial charge in [0.05, 0.1) is 5.41 Å². The Hall–Kier alpha value is -1.61. The Balaban J connectivity index is 2.02. The first-order chi connectivity index (χ1) is 8.73. The van der Waals surface area contributed by atoms with Crippen LogP contribution in [0.4, 0.5) is 0 Å². The highest BCUT2D eigenvalue weighted by Gasteiger charge is 2.38. The van der Waals surface area contributed by atoms with Crippen LogP contribution in [0, 0.1) is 5.41 Å². The minimum Gasteiger partial charge on any atom is -0.481 e. The van der Waals surface area contributed by atoms with Crippen LogP contribution in [0.2, 0.25) is 0 Å². The maximum atomic E-state index is 11.4. The fraction of sp³-hybridized carbons (Fsp3) is 0.400. The van der Waals surface area contributed by atoms with E-state index in [-0.39, 0.29) is 0 Å². The number of carboxylic acid groups (broad SMARTS) is 1. The number of hydrogen-bond acceptors (Lipinski definition) is 2. The largest absolute Gasteiger partial charge is 0.481 e. The van der Waals surface area contributed by atoms with Gasteiger partial charge in [0.15, 0.2) is 0 Å². The zero-order valence-electron chi connectivity index (χ0n) is 10.4. The van der Waals surface area contributed by atoms with Gasteiger partial charge in [-0.3, -0.25) is 4.79 Å². The molecule has 0 radical (unpaired) electrons. The molecule has 1 aliphatic rings. The van der Waals surface area contributed by atoms with Crippen LogP contribution >= 0.6 is 0 Å². The van der Waals surface area contributed by atoms with Gasteiger partial charge < -0.3 is 10.4 Å². The summed E-state index contributed by atoms with van der Waals surface area (Å²) >= 11 is 0. The van der Waals surface area contributed by atoms with Crippen molar-refractivity contribution in [3.05, 3.63) is 42.0 Å². The van der Waals surface area contributed by atoms with Crippen molar-refractivity contribution in [3.8, 4) is 0 Å². The molecule has 1 aromatic carbocycles. The number of carbonyl (C=O) groups is 1. The Labute approximate surface area is 108 Å². The second-order valence-corrected chi connectivity index (χ2v) is 4.88. The van der Waals surface area contributed by atoms with Crippen molar-refractivity contribution in [2.75, 3.05) is 13.1 Å². The minimum atomic E-state index is -0.688. The van der Waals surface area contributed by atoms with E-state index in [1.54, 1.807) is 0 Å². The molecule has 1 aromatic rings. The summed E-state index contributed by atoms with van der Waals surface area (Å²) in [6, 6.07) is 9.97. The maximum absolute atomic E-state index is 11.4. The van der Waals surface area contributed by atoms with Crippen LogP contribution in [0.15, 0.2) is 36.4 Å². The lowest BCUT2D eigenvalue weighted by molar-refractivity contribution is -0.149. The lowest BCUT2D eigenvalue weighted by Gasteiger charge is -2.32. The van der Waals surface area contributed by atoms with E-state index in [4.69, 9.17) is 0 Å². The number of aliphatic carboxylic acids is 1. The van der Waals surface area contributed by atoms with E-state index in [9.17, 15) is 9.90 Å². The van der Waals surface area contributed by atoms with Crippen molar-refractivity contribution in [2.45, 2.75) is 19.3 Å². The summed E-state index contributed by atoms with van der Waals surface area (Å²) in [5.41, 5.74) is 0.491. The molecular formula is C15H19NO2. The number of nitrogens with one attached hydrogen (secondary N) is 1. The Bertz CT molecular complexity index is 419. The summed E-state index contributed by atoms with van der Waals surface area (Å²) in [4.78, 5) is 11.4. The first-order valence-electron chi connectivity index (χ1n) is 6.39. The van der Waals surface area contributed by atoms with Crippen molar-refractivity contribution in [1.82, 2.24) is 5.32 Å². The molecule has 1 aliphatic heterocycles. The number of carboxylic acids is 1. The summed E-state index contributed by atoms with van der Waals surface area (Å²) in [5.74, 6) is -0.688.